The first-order chi connectivity index (χ1) is 10.1. The van der Waals surface area contributed by atoms with Crippen molar-refractivity contribution in [3.63, 3.8) is 0 Å². The van der Waals surface area contributed by atoms with Crippen molar-refractivity contribution in [2.24, 2.45) is 10.7 Å². The fourth-order valence-corrected chi connectivity index (χ4v) is 1.94. The molecule has 0 saturated heterocycles. The predicted octanol–water partition coefficient (Wildman–Crippen LogP) is 4.54. The van der Waals surface area contributed by atoms with Gasteiger partial charge in [-0.3, -0.25) is 0 Å². The fraction of sp³-hybridized carbons (Fsp3) is 0.500. The first-order valence-electron chi connectivity index (χ1n) is 7.08. The number of halogens is 1. The van der Waals surface area contributed by atoms with Gasteiger partial charge in [0, 0.05) is 7.05 Å². The summed E-state index contributed by atoms with van der Waals surface area (Å²) in [5.41, 5.74) is 6.97. The number of hydrogen-bond acceptors (Lipinski definition) is 4. The van der Waals surface area contributed by atoms with Crippen LogP contribution in [-0.2, 0) is 4.74 Å². The third-order valence-corrected chi connectivity index (χ3v) is 3.57. The van der Waals surface area contributed by atoms with Crippen molar-refractivity contribution >= 4 is 52.7 Å². The number of amidine groups is 1. The zero-order chi connectivity index (χ0) is 16.9. The molecule has 0 radical (unpaired) electrons. The van der Waals surface area contributed by atoms with Crippen LogP contribution in [0.25, 0.3) is 0 Å². The smallest absolute Gasteiger partial charge is 0.410 e. The Bertz CT molecular complexity index is 559. The van der Waals surface area contributed by atoms with E-state index in [1.54, 1.807) is 11.9 Å². The fourth-order valence-electron chi connectivity index (χ4n) is 1.74. The summed E-state index contributed by atoms with van der Waals surface area (Å²) in [7, 11) is 1.73. The first kappa shape index (κ1) is 22.0. The molecule has 0 spiro atoms. The van der Waals surface area contributed by atoms with Crippen molar-refractivity contribution in [2.45, 2.75) is 39.3 Å². The summed E-state index contributed by atoms with van der Waals surface area (Å²) >= 11 is 1.39. The number of carbonyl (C=O) groups is 1. The van der Waals surface area contributed by atoms with Crippen LogP contribution in [0.15, 0.2) is 29.3 Å². The third-order valence-electron chi connectivity index (χ3n) is 3.06. The highest BCUT2D eigenvalue weighted by molar-refractivity contribution is 14.0. The van der Waals surface area contributed by atoms with Crippen molar-refractivity contribution in [3.8, 4) is 0 Å². The van der Waals surface area contributed by atoms with Crippen LogP contribution in [-0.4, -0.2) is 35.1 Å². The number of amides is 1. The Morgan fingerprint density at radius 2 is 2.00 bits per heavy atom. The van der Waals surface area contributed by atoms with Crippen molar-refractivity contribution in [3.05, 3.63) is 29.8 Å². The Kier molecular flexibility index (Phi) is 8.97. The molecule has 1 aromatic rings. The summed E-state index contributed by atoms with van der Waals surface area (Å²) in [4.78, 5) is 18.0. The molecule has 1 amide bonds. The molecule has 7 heteroatoms. The molecule has 2 N–H and O–H groups in total. The molecule has 0 saturated carbocycles. The van der Waals surface area contributed by atoms with E-state index in [4.69, 9.17) is 10.5 Å². The van der Waals surface area contributed by atoms with E-state index in [-0.39, 0.29) is 36.1 Å². The largest absolute Gasteiger partial charge is 0.444 e. The van der Waals surface area contributed by atoms with Crippen molar-refractivity contribution in [2.75, 3.05) is 13.3 Å². The molecule has 1 aromatic carbocycles. The van der Waals surface area contributed by atoms with Gasteiger partial charge in [0.2, 0.25) is 0 Å². The van der Waals surface area contributed by atoms with E-state index in [9.17, 15) is 4.79 Å². The molecule has 0 aliphatic carbocycles. The topological polar surface area (TPSA) is 67.9 Å². The average molecular weight is 451 g/mol. The predicted molar refractivity (Wildman–Crippen MR) is 109 cm³/mol. The highest BCUT2D eigenvalue weighted by Gasteiger charge is 2.23. The van der Waals surface area contributed by atoms with Gasteiger partial charge in [-0.05, 0) is 51.6 Å². The molecule has 0 heterocycles. The average Bonchev–Trinajstić information content (AvgIpc) is 2.44. The molecule has 0 fully saturated rings. The van der Waals surface area contributed by atoms with Gasteiger partial charge in [0.1, 0.15) is 5.60 Å². The molecule has 1 unspecified atom stereocenters. The molecule has 23 heavy (non-hydrogen) atoms. The highest BCUT2D eigenvalue weighted by atomic mass is 127. The van der Waals surface area contributed by atoms with Gasteiger partial charge in [0.15, 0.2) is 5.17 Å². The molecular weight excluding hydrogens is 425 g/mol. The zero-order valence-corrected chi connectivity index (χ0v) is 17.6. The quantitative estimate of drug-likeness (QED) is 0.416. The minimum Gasteiger partial charge on any atom is -0.444 e. The second kappa shape index (κ2) is 9.36. The van der Waals surface area contributed by atoms with Gasteiger partial charge in [-0.1, -0.05) is 23.9 Å². The maximum Gasteiger partial charge on any atom is 0.410 e. The SMILES string of the molecule is CSC(N)=Nc1cccc(C(C)N(C)C(=O)OC(C)(C)C)c1.I. The number of ether oxygens (including phenoxy) is 1. The number of carbonyl (C=O) groups excluding carboxylic acids is 1. The second-order valence-electron chi connectivity index (χ2n) is 6.02. The Balaban J connectivity index is 0.00000484. The van der Waals surface area contributed by atoms with E-state index in [1.165, 1.54) is 11.8 Å². The summed E-state index contributed by atoms with van der Waals surface area (Å²) < 4.78 is 5.39. The molecule has 0 aromatic heterocycles. The molecule has 0 aliphatic rings. The summed E-state index contributed by atoms with van der Waals surface area (Å²) in [6.45, 7) is 7.50. The lowest BCUT2D eigenvalue weighted by Crippen LogP contribution is -2.35. The molecule has 0 aliphatic heterocycles. The Labute approximate surface area is 160 Å². The summed E-state index contributed by atoms with van der Waals surface area (Å²) in [6.07, 6.45) is 1.53. The number of nitrogens with zero attached hydrogens (tertiary/aromatic N) is 2. The van der Waals surface area contributed by atoms with Crippen LogP contribution in [0.5, 0.6) is 0 Å². The van der Waals surface area contributed by atoms with Crippen LogP contribution in [0, 0.1) is 0 Å². The lowest BCUT2D eigenvalue weighted by atomic mass is 10.1. The van der Waals surface area contributed by atoms with Gasteiger partial charge < -0.3 is 15.4 Å². The van der Waals surface area contributed by atoms with Crippen LogP contribution in [0.4, 0.5) is 10.5 Å². The number of nitrogens with two attached hydrogens (primary N) is 1. The van der Waals surface area contributed by atoms with Crippen LogP contribution in [0.1, 0.15) is 39.3 Å². The van der Waals surface area contributed by atoms with Gasteiger partial charge in [-0.15, -0.1) is 24.0 Å². The minimum atomic E-state index is -0.510. The monoisotopic (exact) mass is 451 g/mol. The summed E-state index contributed by atoms with van der Waals surface area (Å²) in [6, 6.07) is 7.54. The molecule has 0 bridgehead atoms. The van der Waals surface area contributed by atoms with E-state index in [0.717, 1.165) is 11.3 Å². The van der Waals surface area contributed by atoms with E-state index < -0.39 is 5.60 Å². The van der Waals surface area contributed by atoms with Crippen LogP contribution in [0.2, 0.25) is 0 Å². The molecule has 1 atom stereocenters. The lowest BCUT2D eigenvalue weighted by Gasteiger charge is -2.29. The number of rotatable bonds is 3. The molecular formula is C16H26IN3O2S. The van der Waals surface area contributed by atoms with E-state index in [1.807, 2.05) is 58.2 Å². The number of thioether (sulfide) groups is 1. The van der Waals surface area contributed by atoms with E-state index in [0.29, 0.717) is 5.17 Å². The third kappa shape index (κ3) is 7.43. The zero-order valence-electron chi connectivity index (χ0n) is 14.5. The maximum absolute atomic E-state index is 12.1. The second-order valence-corrected chi connectivity index (χ2v) is 6.84. The Hall–Kier alpha value is -0.960. The molecule has 5 nitrogen and oxygen atoms in total. The Morgan fingerprint density at radius 1 is 1.39 bits per heavy atom. The van der Waals surface area contributed by atoms with E-state index >= 15 is 0 Å². The molecule has 130 valence electrons. The van der Waals surface area contributed by atoms with Crippen molar-refractivity contribution in [1.82, 2.24) is 4.90 Å². The van der Waals surface area contributed by atoms with Crippen LogP contribution < -0.4 is 5.73 Å². The number of hydrogen-bond donors (Lipinski definition) is 1. The summed E-state index contributed by atoms with van der Waals surface area (Å²) in [5.74, 6) is 0. The van der Waals surface area contributed by atoms with Gasteiger partial charge in [-0.2, -0.15) is 0 Å². The van der Waals surface area contributed by atoms with E-state index in [2.05, 4.69) is 4.99 Å². The van der Waals surface area contributed by atoms with Gasteiger partial charge in [0.25, 0.3) is 0 Å². The standard InChI is InChI=1S/C16H25N3O2S.HI/c1-11(19(5)15(20)21-16(2,3)4)12-8-7-9-13(10-12)18-14(17)22-6;/h7-11H,1-6H3,(H2,17,18);1H. The van der Waals surface area contributed by atoms with Crippen molar-refractivity contribution in [1.29, 1.82) is 0 Å². The Morgan fingerprint density at radius 3 is 2.52 bits per heavy atom. The van der Waals surface area contributed by atoms with Crippen molar-refractivity contribution < 1.29 is 9.53 Å². The van der Waals surface area contributed by atoms with Gasteiger partial charge in [-0.25, -0.2) is 9.79 Å². The minimum absolute atomic E-state index is 0. The normalized spacial score (nSPS) is 13.0. The number of benzene rings is 1. The highest BCUT2D eigenvalue weighted by Crippen LogP contribution is 2.25. The van der Waals surface area contributed by atoms with Gasteiger partial charge in [0.05, 0.1) is 11.7 Å². The maximum atomic E-state index is 12.1. The van der Waals surface area contributed by atoms with Crippen LogP contribution >= 0.6 is 35.7 Å². The molecule has 1 rings (SSSR count). The summed E-state index contributed by atoms with van der Waals surface area (Å²) in [5, 5.41) is 0.505. The lowest BCUT2D eigenvalue weighted by molar-refractivity contribution is 0.0234. The first-order valence-corrected chi connectivity index (χ1v) is 8.30. The number of aliphatic imine (C=N–C) groups is 1. The van der Waals surface area contributed by atoms with Gasteiger partial charge >= 0.3 is 6.09 Å². The van der Waals surface area contributed by atoms with Crippen LogP contribution in [0.3, 0.4) is 0 Å².